The average Bonchev–Trinajstić information content (AvgIpc) is 3.08. The lowest BCUT2D eigenvalue weighted by Gasteiger charge is -2.25. The van der Waals surface area contributed by atoms with Crippen LogP contribution < -0.4 is 10.2 Å². The molecule has 3 aromatic rings. The van der Waals surface area contributed by atoms with Crippen molar-refractivity contribution in [2.45, 2.75) is 46.1 Å². The molecule has 1 atom stereocenters. The Morgan fingerprint density at radius 3 is 2.42 bits per heavy atom. The van der Waals surface area contributed by atoms with E-state index in [0.29, 0.717) is 42.7 Å². The Morgan fingerprint density at radius 1 is 1.00 bits per heavy atom. The Balaban J connectivity index is 1.80. The Morgan fingerprint density at radius 2 is 1.73 bits per heavy atom. The Labute approximate surface area is 194 Å². The lowest BCUT2D eigenvalue weighted by atomic mass is 9.97. The fraction of sp³-hybridized carbons (Fsp3) is 0.407. The van der Waals surface area contributed by atoms with E-state index in [-0.39, 0.29) is 17.1 Å². The number of rotatable bonds is 9. The molecule has 1 aliphatic rings. The largest absolute Gasteiger partial charge is 0.494 e. The van der Waals surface area contributed by atoms with Crippen LogP contribution in [0.1, 0.15) is 65.0 Å². The molecule has 33 heavy (non-hydrogen) atoms. The average molecular weight is 450 g/mol. The first-order chi connectivity index (χ1) is 16.0. The second-order valence-corrected chi connectivity index (χ2v) is 8.63. The number of benzene rings is 2. The highest BCUT2D eigenvalue weighted by atomic mass is 16.5. The molecule has 2 heterocycles. The van der Waals surface area contributed by atoms with Gasteiger partial charge in [-0.15, -0.1) is 0 Å². The summed E-state index contributed by atoms with van der Waals surface area (Å²) in [6.45, 7) is 7.71. The molecule has 6 heteroatoms. The smallest absolute Gasteiger partial charge is 0.290 e. The van der Waals surface area contributed by atoms with Gasteiger partial charge < -0.3 is 18.8 Å². The van der Waals surface area contributed by atoms with Crippen molar-refractivity contribution < 1.29 is 18.7 Å². The van der Waals surface area contributed by atoms with Crippen LogP contribution in [-0.2, 0) is 4.74 Å². The third kappa shape index (κ3) is 4.40. The molecule has 0 N–H and O–H groups in total. The molecular weight excluding hydrogens is 418 g/mol. The molecule has 1 unspecified atom stereocenters. The lowest BCUT2D eigenvalue weighted by Crippen LogP contribution is -2.31. The molecule has 2 aromatic carbocycles. The zero-order chi connectivity index (χ0) is 23.5. The van der Waals surface area contributed by atoms with Crippen molar-refractivity contribution in [3.8, 4) is 5.75 Å². The molecule has 4 rings (SSSR count). The topological polar surface area (TPSA) is 69.0 Å². The van der Waals surface area contributed by atoms with Gasteiger partial charge in [-0.3, -0.25) is 9.59 Å². The van der Waals surface area contributed by atoms with E-state index in [2.05, 4.69) is 6.92 Å². The van der Waals surface area contributed by atoms with E-state index in [4.69, 9.17) is 13.9 Å². The van der Waals surface area contributed by atoms with Crippen LogP contribution in [-0.4, -0.2) is 37.7 Å². The molecule has 0 radical (unpaired) electrons. The third-order valence-corrected chi connectivity index (χ3v) is 6.29. The minimum atomic E-state index is -0.503. The SMILES string of the molecule is CCCCOc1ccc(C2c3c(oc4cc(C)c(C)cc4c3=O)C(=O)N2CCCOC)cc1. The number of nitrogens with zero attached hydrogens (tertiary/aromatic N) is 1. The first-order valence-corrected chi connectivity index (χ1v) is 11.6. The monoisotopic (exact) mass is 449 g/mol. The minimum Gasteiger partial charge on any atom is -0.494 e. The van der Waals surface area contributed by atoms with E-state index in [1.165, 1.54) is 0 Å². The second-order valence-electron chi connectivity index (χ2n) is 8.63. The van der Waals surface area contributed by atoms with Crippen LogP contribution in [0.5, 0.6) is 5.75 Å². The minimum absolute atomic E-state index is 0.140. The van der Waals surface area contributed by atoms with Gasteiger partial charge in [-0.05, 0) is 67.6 Å². The van der Waals surface area contributed by atoms with E-state index in [0.717, 1.165) is 35.3 Å². The van der Waals surface area contributed by atoms with Crippen molar-refractivity contribution in [3.05, 3.63) is 74.6 Å². The zero-order valence-electron chi connectivity index (χ0n) is 19.8. The normalized spacial score (nSPS) is 15.3. The standard InChI is InChI=1S/C27H31NO5/c1-5-6-14-32-20-10-8-19(9-11-20)24-23-25(29)21-15-17(2)18(3)16-22(21)33-26(23)27(30)28(24)12-7-13-31-4/h8-11,15-16,24H,5-7,12-14H2,1-4H3. The van der Waals surface area contributed by atoms with Crippen LogP contribution in [0.4, 0.5) is 0 Å². The number of carbonyl (C=O) groups is 1. The van der Waals surface area contributed by atoms with Crippen LogP contribution in [0.3, 0.4) is 0 Å². The van der Waals surface area contributed by atoms with Gasteiger partial charge in [0, 0.05) is 20.3 Å². The molecule has 0 saturated carbocycles. The number of methoxy groups -OCH3 is 1. The number of carbonyl (C=O) groups excluding carboxylic acids is 1. The predicted octanol–water partition coefficient (Wildman–Crippen LogP) is 5.17. The van der Waals surface area contributed by atoms with Crippen molar-refractivity contribution in [2.75, 3.05) is 26.9 Å². The van der Waals surface area contributed by atoms with E-state index >= 15 is 0 Å². The number of unbranched alkanes of at least 4 members (excludes halogenated alkanes) is 1. The second kappa shape index (κ2) is 9.79. The Kier molecular flexibility index (Phi) is 6.84. The first-order valence-electron chi connectivity index (χ1n) is 11.6. The Bertz CT molecular complexity index is 1210. The highest BCUT2D eigenvalue weighted by Crippen LogP contribution is 2.39. The van der Waals surface area contributed by atoms with Crippen LogP contribution in [0, 0.1) is 13.8 Å². The molecule has 0 fully saturated rings. The molecule has 174 valence electrons. The van der Waals surface area contributed by atoms with Gasteiger partial charge in [-0.25, -0.2) is 0 Å². The molecule has 0 saturated heterocycles. The number of ether oxygens (including phenoxy) is 2. The van der Waals surface area contributed by atoms with Crippen molar-refractivity contribution in [1.82, 2.24) is 4.90 Å². The quantitative estimate of drug-likeness (QED) is 0.422. The summed E-state index contributed by atoms with van der Waals surface area (Å²) in [5.74, 6) is 0.660. The van der Waals surface area contributed by atoms with Gasteiger partial charge in [0.1, 0.15) is 11.3 Å². The van der Waals surface area contributed by atoms with Crippen molar-refractivity contribution >= 4 is 16.9 Å². The van der Waals surface area contributed by atoms with Gasteiger partial charge >= 0.3 is 0 Å². The number of hydrogen-bond acceptors (Lipinski definition) is 5. The highest BCUT2D eigenvalue weighted by Gasteiger charge is 2.42. The Hall–Kier alpha value is -3.12. The van der Waals surface area contributed by atoms with Gasteiger partial charge in [0.2, 0.25) is 5.76 Å². The molecule has 1 aromatic heterocycles. The third-order valence-electron chi connectivity index (χ3n) is 6.29. The van der Waals surface area contributed by atoms with Crippen LogP contribution >= 0.6 is 0 Å². The van der Waals surface area contributed by atoms with Crippen LogP contribution in [0.25, 0.3) is 11.0 Å². The number of amides is 1. The summed E-state index contributed by atoms with van der Waals surface area (Å²) in [6.07, 6.45) is 2.72. The summed E-state index contributed by atoms with van der Waals surface area (Å²) >= 11 is 0. The van der Waals surface area contributed by atoms with Gasteiger partial charge in [-0.1, -0.05) is 25.5 Å². The van der Waals surface area contributed by atoms with Crippen LogP contribution in [0.2, 0.25) is 0 Å². The van der Waals surface area contributed by atoms with Crippen LogP contribution in [0.15, 0.2) is 45.6 Å². The van der Waals surface area contributed by atoms with E-state index in [9.17, 15) is 9.59 Å². The van der Waals surface area contributed by atoms with Gasteiger partial charge in [0.15, 0.2) is 5.43 Å². The first kappa shape index (κ1) is 23.1. The molecule has 1 amide bonds. The molecule has 1 aliphatic heterocycles. The summed E-state index contributed by atoms with van der Waals surface area (Å²) < 4.78 is 17.0. The molecule has 0 spiro atoms. The summed E-state index contributed by atoms with van der Waals surface area (Å²) in [5, 5.41) is 0.507. The summed E-state index contributed by atoms with van der Waals surface area (Å²) in [5.41, 5.74) is 3.60. The number of fused-ring (bicyclic) bond motifs is 2. The summed E-state index contributed by atoms with van der Waals surface area (Å²) in [7, 11) is 1.64. The summed E-state index contributed by atoms with van der Waals surface area (Å²) in [4.78, 5) is 28.8. The van der Waals surface area contributed by atoms with E-state index < -0.39 is 6.04 Å². The maximum absolute atomic E-state index is 13.6. The molecule has 0 aliphatic carbocycles. The summed E-state index contributed by atoms with van der Waals surface area (Å²) in [6, 6.07) is 10.9. The van der Waals surface area contributed by atoms with Crippen molar-refractivity contribution in [2.24, 2.45) is 0 Å². The van der Waals surface area contributed by atoms with Crippen molar-refractivity contribution in [1.29, 1.82) is 0 Å². The van der Waals surface area contributed by atoms with Gasteiger partial charge in [0.25, 0.3) is 5.91 Å². The lowest BCUT2D eigenvalue weighted by molar-refractivity contribution is 0.0708. The number of aryl methyl sites for hydroxylation is 2. The maximum Gasteiger partial charge on any atom is 0.290 e. The predicted molar refractivity (Wildman–Crippen MR) is 128 cm³/mol. The van der Waals surface area contributed by atoms with Crippen molar-refractivity contribution in [3.63, 3.8) is 0 Å². The van der Waals surface area contributed by atoms with E-state index in [1.54, 1.807) is 12.0 Å². The van der Waals surface area contributed by atoms with Gasteiger partial charge in [0.05, 0.1) is 23.6 Å². The molecular formula is C27H31NO5. The highest BCUT2D eigenvalue weighted by molar-refractivity contribution is 5.99. The van der Waals surface area contributed by atoms with Gasteiger partial charge in [-0.2, -0.15) is 0 Å². The molecule has 0 bridgehead atoms. The maximum atomic E-state index is 13.6. The fourth-order valence-electron chi connectivity index (χ4n) is 4.31. The fourth-order valence-corrected chi connectivity index (χ4v) is 4.31. The number of hydrogen-bond donors (Lipinski definition) is 0. The van der Waals surface area contributed by atoms with E-state index in [1.807, 2.05) is 50.2 Å². The zero-order valence-corrected chi connectivity index (χ0v) is 19.8. The molecule has 6 nitrogen and oxygen atoms in total.